The number of amides is 1. The van der Waals surface area contributed by atoms with Crippen LogP contribution in [0.1, 0.15) is 12.5 Å². The molecule has 0 atom stereocenters. The second-order valence-corrected chi connectivity index (χ2v) is 7.28. The van der Waals surface area contributed by atoms with Gasteiger partial charge in [0.05, 0.1) is 26.8 Å². The van der Waals surface area contributed by atoms with E-state index in [-0.39, 0.29) is 27.6 Å². The van der Waals surface area contributed by atoms with Gasteiger partial charge < -0.3 is 5.32 Å². The van der Waals surface area contributed by atoms with Gasteiger partial charge >= 0.3 is 0 Å². The summed E-state index contributed by atoms with van der Waals surface area (Å²) in [5.41, 5.74) is 0.319. The number of hydrogen-bond donors (Lipinski definition) is 1. The van der Waals surface area contributed by atoms with Crippen molar-refractivity contribution < 1.29 is 18.1 Å². The number of sulfone groups is 1. The zero-order valence-corrected chi connectivity index (χ0v) is 14.2. The van der Waals surface area contributed by atoms with E-state index in [1.165, 1.54) is 43.3 Å². The van der Waals surface area contributed by atoms with Crippen molar-refractivity contribution in [3.05, 3.63) is 70.3 Å². The Labute approximate surface area is 145 Å². The Kier molecular flexibility index (Phi) is 5.66. The van der Waals surface area contributed by atoms with E-state index in [0.717, 1.165) is 6.08 Å². The van der Waals surface area contributed by atoms with Gasteiger partial charge in [-0.25, -0.2) is 8.42 Å². The van der Waals surface area contributed by atoms with Crippen LogP contribution in [0.25, 0.3) is 6.08 Å². The van der Waals surface area contributed by atoms with Crippen molar-refractivity contribution >= 4 is 33.2 Å². The third kappa shape index (κ3) is 4.51. The first-order valence-electron chi connectivity index (χ1n) is 7.39. The molecule has 0 unspecified atom stereocenters. The van der Waals surface area contributed by atoms with Gasteiger partial charge in [0, 0.05) is 12.1 Å². The van der Waals surface area contributed by atoms with Gasteiger partial charge in [-0.05, 0) is 24.3 Å². The molecule has 8 heteroatoms. The van der Waals surface area contributed by atoms with Gasteiger partial charge in [-0.15, -0.1) is 0 Å². The molecular weight excluding hydrogens is 344 g/mol. The average Bonchev–Trinajstić information content (AvgIpc) is 2.60. The highest BCUT2D eigenvalue weighted by atomic mass is 32.2. The van der Waals surface area contributed by atoms with Crippen molar-refractivity contribution in [2.24, 2.45) is 0 Å². The first kappa shape index (κ1) is 18.3. The summed E-state index contributed by atoms with van der Waals surface area (Å²) < 4.78 is 24.1. The monoisotopic (exact) mass is 360 g/mol. The van der Waals surface area contributed by atoms with E-state index in [0.29, 0.717) is 0 Å². The summed E-state index contributed by atoms with van der Waals surface area (Å²) in [4.78, 5) is 22.5. The molecule has 25 heavy (non-hydrogen) atoms. The summed E-state index contributed by atoms with van der Waals surface area (Å²) in [5.74, 6) is -0.678. The third-order valence-corrected chi connectivity index (χ3v) is 5.19. The van der Waals surface area contributed by atoms with E-state index in [2.05, 4.69) is 5.32 Å². The maximum Gasteiger partial charge on any atom is 0.276 e. The summed E-state index contributed by atoms with van der Waals surface area (Å²) in [6.07, 6.45) is 2.43. The smallest absolute Gasteiger partial charge is 0.276 e. The molecule has 2 aromatic carbocycles. The molecule has 0 heterocycles. The van der Waals surface area contributed by atoms with Gasteiger partial charge in [0.2, 0.25) is 5.91 Å². The van der Waals surface area contributed by atoms with Crippen molar-refractivity contribution in [2.75, 3.05) is 11.1 Å². The molecular formula is C17H16N2O5S. The minimum absolute atomic E-state index is 0.0324. The SMILES string of the molecule is CCS(=O)(=O)c1ccccc1NC(=O)C=Cc1ccccc1[N+](=O)[O-]. The van der Waals surface area contributed by atoms with E-state index < -0.39 is 20.7 Å². The van der Waals surface area contributed by atoms with Gasteiger partial charge in [-0.3, -0.25) is 14.9 Å². The molecule has 0 saturated heterocycles. The number of anilines is 1. The molecule has 0 fully saturated rings. The number of nitro groups is 1. The van der Waals surface area contributed by atoms with Crippen molar-refractivity contribution in [1.82, 2.24) is 0 Å². The van der Waals surface area contributed by atoms with Crippen molar-refractivity contribution in [2.45, 2.75) is 11.8 Å². The van der Waals surface area contributed by atoms with Crippen LogP contribution in [0.15, 0.2) is 59.5 Å². The van der Waals surface area contributed by atoms with Crippen LogP contribution in [0.5, 0.6) is 0 Å². The molecule has 2 rings (SSSR count). The number of hydrogen-bond acceptors (Lipinski definition) is 5. The highest BCUT2D eigenvalue weighted by Crippen LogP contribution is 2.22. The molecule has 0 aliphatic heterocycles. The van der Waals surface area contributed by atoms with Crippen LogP contribution in [-0.4, -0.2) is 25.0 Å². The summed E-state index contributed by atoms with van der Waals surface area (Å²) in [5, 5.41) is 13.4. The molecule has 2 aromatic rings. The minimum Gasteiger partial charge on any atom is -0.321 e. The first-order valence-corrected chi connectivity index (χ1v) is 9.04. The lowest BCUT2D eigenvalue weighted by atomic mass is 10.1. The van der Waals surface area contributed by atoms with Crippen LogP contribution in [0, 0.1) is 10.1 Å². The molecule has 1 amide bonds. The average molecular weight is 360 g/mol. The van der Waals surface area contributed by atoms with Crippen LogP contribution < -0.4 is 5.32 Å². The normalized spacial score (nSPS) is 11.4. The molecule has 0 radical (unpaired) electrons. The standard InChI is InChI=1S/C17H16N2O5S/c1-2-25(23,24)16-10-6-4-8-14(16)18-17(20)12-11-13-7-3-5-9-15(13)19(21)22/h3-12H,2H2,1H3,(H,18,20). The van der Waals surface area contributed by atoms with E-state index >= 15 is 0 Å². The number of benzene rings is 2. The Morgan fingerprint density at radius 3 is 2.48 bits per heavy atom. The molecule has 0 aromatic heterocycles. The van der Waals surface area contributed by atoms with E-state index in [1.54, 1.807) is 18.2 Å². The Morgan fingerprint density at radius 2 is 1.80 bits per heavy atom. The predicted molar refractivity (Wildman–Crippen MR) is 94.9 cm³/mol. The molecule has 0 saturated carbocycles. The Balaban J connectivity index is 2.24. The lowest BCUT2D eigenvalue weighted by molar-refractivity contribution is -0.385. The van der Waals surface area contributed by atoms with Gasteiger partial charge in [0.1, 0.15) is 0 Å². The van der Waals surface area contributed by atoms with Crippen molar-refractivity contribution in [3.63, 3.8) is 0 Å². The molecule has 1 N–H and O–H groups in total. The first-order chi connectivity index (χ1) is 11.8. The topological polar surface area (TPSA) is 106 Å². The fraction of sp³-hybridized carbons (Fsp3) is 0.118. The highest BCUT2D eigenvalue weighted by molar-refractivity contribution is 7.91. The number of nitro benzene ring substituents is 1. The summed E-state index contributed by atoms with van der Waals surface area (Å²) >= 11 is 0. The number of rotatable bonds is 6. The fourth-order valence-electron chi connectivity index (χ4n) is 2.13. The molecule has 7 nitrogen and oxygen atoms in total. The summed E-state index contributed by atoms with van der Waals surface area (Å²) in [6.45, 7) is 1.52. The lowest BCUT2D eigenvalue weighted by Gasteiger charge is -2.09. The van der Waals surface area contributed by atoms with E-state index in [1.807, 2.05) is 0 Å². The zero-order valence-electron chi connectivity index (χ0n) is 13.4. The number of carbonyl (C=O) groups is 1. The quantitative estimate of drug-likeness (QED) is 0.484. The molecule has 0 aliphatic carbocycles. The van der Waals surface area contributed by atoms with Crippen LogP contribution >= 0.6 is 0 Å². The third-order valence-electron chi connectivity index (χ3n) is 3.41. The zero-order chi connectivity index (χ0) is 18.4. The summed E-state index contributed by atoms with van der Waals surface area (Å²) in [6, 6.07) is 12.1. The van der Waals surface area contributed by atoms with Crippen LogP contribution in [0.3, 0.4) is 0 Å². The maximum atomic E-state index is 12.1. The van der Waals surface area contributed by atoms with E-state index in [9.17, 15) is 23.3 Å². The molecule has 0 bridgehead atoms. The maximum absolute atomic E-state index is 12.1. The predicted octanol–water partition coefficient (Wildman–Crippen LogP) is 3.04. The number of carbonyl (C=O) groups excluding carboxylic acids is 1. The van der Waals surface area contributed by atoms with Gasteiger partial charge in [-0.2, -0.15) is 0 Å². The van der Waals surface area contributed by atoms with Crippen molar-refractivity contribution in [1.29, 1.82) is 0 Å². The van der Waals surface area contributed by atoms with Gasteiger partial charge in [0.25, 0.3) is 5.69 Å². The van der Waals surface area contributed by atoms with Gasteiger partial charge in [-0.1, -0.05) is 31.2 Å². The number of nitrogens with zero attached hydrogens (tertiary/aromatic N) is 1. The van der Waals surface area contributed by atoms with Crippen LogP contribution in [0.4, 0.5) is 11.4 Å². The van der Waals surface area contributed by atoms with Crippen molar-refractivity contribution in [3.8, 4) is 0 Å². The minimum atomic E-state index is -3.49. The van der Waals surface area contributed by atoms with Crippen LogP contribution in [-0.2, 0) is 14.6 Å². The Hall–Kier alpha value is -3.00. The lowest BCUT2D eigenvalue weighted by Crippen LogP contribution is -2.13. The Bertz CT molecular complexity index is 936. The second-order valence-electron chi connectivity index (χ2n) is 5.04. The molecule has 130 valence electrons. The summed E-state index contributed by atoms with van der Waals surface area (Å²) in [7, 11) is -3.49. The number of nitrogens with one attached hydrogen (secondary N) is 1. The van der Waals surface area contributed by atoms with E-state index in [4.69, 9.17) is 0 Å². The van der Waals surface area contributed by atoms with Gasteiger partial charge in [0.15, 0.2) is 9.84 Å². The number of para-hydroxylation sites is 2. The fourth-order valence-corrected chi connectivity index (χ4v) is 3.18. The Morgan fingerprint density at radius 1 is 1.16 bits per heavy atom. The molecule has 0 spiro atoms. The second kappa shape index (κ2) is 7.71. The van der Waals surface area contributed by atoms with Crippen LogP contribution in [0.2, 0.25) is 0 Å². The largest absolute Gasteiger partial charge is 0.321 e. The molecule has 0 aliphatic rings. The highest BCUT2D eigenvalue weighted by Gasteiger charge is 2.17.